The number of sulfonamides is 1. The van der Waals surface area contributed by atoms with Gasteiger partial charge < -0.3 is 9.47 Å². The molecule has 1 aliphatic rings. The van der Waals surface area contributed by atoms with Gasteiger partial charge in [-0.25, -0.2) is 22.8 Å². The maximum Gasteiger partial charge on any atom is 0.316 e. The van der Waals surface area contributed by atoms with E-state index in [0.29, 0.717) is 31.7 Å². The third kappa shape index (κ3) is 4.54. The zero-order valence-corrected chi connectivity index (χ0v) is 16.1. The van der Waals surface area contributed by atoms with Crippen LogP contribution in [0.15, 0.2) is 35.5 Å². The van der Waals surface area contributed by atoms with Crippen molar-refractivity contribution in [1.82, 2.24) is 14.3 Å². The second-order valence-corrected chi connectivity index (χ2v) is 8.23. The van der Waals surface area contributed by atoms with Crippen molar-refractivity contribution in [3.05, 3.63) is 42.0 Å². The lowest BCUT2D eigenvalue weighted by Crippen LogP contribution is -2.44. The normalized spacial score (nSPS) is 18.3. The van der Waals surface area contributed by atoms with Crippen LogP contribution < -0.4 is 9.47 Å². The lowest BCUT2D eigenvalue weighted by molar-refractivity contribution is 0.119. The molecule has 0 spiro atoms. The molecule has 0 N–H and O–H groups in total. The smallest absolute Gasteiger partial charge is 0.316 e. The Morgan fingerprint density at radius 2 is 2.04 bits per heavy atom. The van der Waals surface area contributed by atoms with Crippen molar-refractivity contribution in [2.45, 2.75) is 37.7 Å². The number of ether oxygens (including phenoxy) is 2. The minimum absolute atomic E-state index is 0.0394. The Balaban J connectivity index is 1.74. The first-order valence-corrected chi connectivity index (χ1v) is 10.2. The highest BCUT2D eigenvalue weighted by Gasteiger charge is 2.31. The molecule has 1 atom stereocenters. The summed E-state index contributed by atoms with van der Waals surface area (Å²) >= 11 is 0. The summed E-state index contributed by atoms with van der Waals surface area (Å²) in [5.74, 6) is 0.117. The van der Waals surface area contributed by atoms with Crippen LogP contribution in [0.1, 0.15) is 25.3 Å². The molecule has 1 saturated heterocycles. The van der Waals surface area contributed by atoms with Crippen molar-refractivity contribution < 1.29 is 22.3 Å². The Hall–Kier alpha value is -2.26. The average molecular weight is 395 g/mol. The van der Waals surface area contributed by atoms with Gasteiger partial charge in [0.25, 0.3) is 0 Å². The summed E-state index contributed by atoms with van der Waals surface area (Å²) in [7, 11) is -3.65. The van der Waals surface area contributed by atoms with Gasteiger partial charge in [-0.3, -0.25) is 0 Å². The predicted octanol–water partition coefficient (Wildman–Crippen LogP) is 2.55. The van der Waals surface area contributed by atoms with E-state index in [-0.39, 0.29) is 23.6 Å². The highest BCUT2D eigenvalue weighted by Crippen LogP contribution is 2.26. The maximum atomic E-state index is 13.0. The topological polar surface area (TPSA) is 81.6 Å². The van der Waals surface area contributed by atoms with Crippen LogP contribution >= 0.6 is 0 Å². The number of hydrogen-bond donors (Lipinski definition) is 0. The molecule has 0 radical (unpaired) electrons. The minimum Gasteiger partial charge on any atom is -0.494 e. The van der Waals surface area contributed by atoms with Crippen LogP contribution in [0.2, 0.25) is 0 Å². The fraction of sp³-hybridized carbons (Fsp3) is 0.444. The highest BCUT2D eigenvalue weighted by molar-refractivity contribution is 7.89. The number of halogens is 1. The molecular weight excluding hydrogens is 373 g/mol. The SMILES string of the molecule is CCOc1ccc(S(=O)(=O)N2CCC[C@@H](Oc3ncc(F)cn3)C2)cc1C. The van der Waals surface area contributed by atoms with E-state index < -0.39 is 15.8 Å². The molecule has 0 bridgehead atoms. The Labute approximate surface area is 158 Å². The van der Waals surface area contributed by atoms with Gasteiger partial charge in [0.1, 0.15) is 11.9 Å². The minimum atomic E-state index is -3.65. The Bertz CT molecular complexity index is 890. The van der Waals surface area contributed by atoms with Gasteiger partial charge in [-0.2, -0.15) is 4.31 Å². The van der Waals surface area contributed by atoms with E-state index in [1.54, 1.807) is 18.2 Å². The lowest BCUT2D eigenvalue weighted by Gasteiger charge is -2.31. The number of rotatable bonds is 6. The number of piperidine rings is 1. The molecule has 2 heterocycles. The zero-order chi connectivity index (χ0) is 19.4. The summed E-state index contributed by atoms with van der Waals surface area (Å²) in [6, 6.07) is 4.89. The Kier molecular flexibility index (Phi) is 5.91. The molecule has 0 unspecified atom stereocenters. The van der Waals surface area contributed by atoms with Crippen LogP contribution in [0.3, 0.4) is 0 Å². The first-order chi connectivity index (χ1) is 12.9. The summed E-state index contributed by atoms with van der Waals surface area (Å²) in [5.41, 5.74) is 0.766. The van der Waals surface area contributed by atoms with Crippen LogP contribution in [0.4, 0.5) is 4.39 Å². The van der Waals surface area contributed by atoms with Crippen molar-refractivity contribution in [3.8, 4) is 11.8 Å². The van der Waals surface area contributed by atoms with Crippen LogP contribution in [-0.2, 0) is 10.0 Å². The second kappa shape index (κ2) is 8.18. The molecule has 1 aliphatic heterocycles. The van der Waals surface area contributed by atoms with Crippen molar-refractivity contribution in [2.24, 2.45) is 0 Å². The van der Waals surface area contributed by atoms with Gasteiger partial charge in [0.05, 0.1) is 30.4 Å². The summed E-state index contributed by atoms with van der Waals surface area (Å²) in [6.07, 6.45) is 2.98. The number of nitrogens with zero attached hydrogens (tertiary/aromatic N) is 3. The molecule has 2 aromatic rings. The number of aryl methyl sites for hydroxylation is 1. The summed E-state index contributed by atoms with van der Waals surface area (Å²) in [4.78, 5) is 7.76. The monoisotopic (exact) mass is 395 g/mol. The molecule has 0 saturated carbocycles. The Morgan fingerprint density at radius 1 is 1.30 bits per heavy atom. The number of aromatic nitrogens is 2. The van der Waals surface area contributed by atoms with Gasteiger partial charge >= 0.3 is 6.01 Å². The quantitative estimate of drug-likeness (QED) is 0.748. The molecule has 3 rings (SSSR count). The molecule has 1 aromatic carbocycles. The van der Waals surface area contributed by atoms with Crippen LogP contribution in [0.5, 0.6) is 11.8 Å². The van der Waals surface area contributed by atoms with Crippen molar-refractivity contribution in [2.75, 3.05) is 19.7 Å². The van der Waals surface area contributed by atoms with Crippen LogP contribution in [0, 0.1) is 12.7 Å². The van der Waals surface area contributed by atoms with Gasteiger partial charge in [-0.05, 0) is 50.5 Å². The van der Waals surface area contributed by atoms with E-state index in [4.69, 9.17) is 9.47 Å². The molecule has 9 heteroatoms. The molecule has 146 valence electrons. The van der Waals surface area contributed by atoms with Crippen molar-refractivity contribution in [1.29, 1.82) is 0 Å². The number of hydrogen-bond acceptors (Lipinski definition) is 6. The van der Waals surface area contributed by atoms with E-state index in [9.17, 15) is 12.8 Å². The van der Waals surface area contributed by atoms with Crippen molar-refractivity contribution >= 4 is 10.0 Å². The van der Waals surface area contributed by atoms with Gasteiger partial charge in [0.15, 0.2) is 5.82 Å². The molecule has 0 amide bonds. The fourth-order valence-electron chi connectivity index (χ4n) is 2.98. The first-order valence-electron chi connectivity index (χ1n) is 8.78. The zero-order valence-electron chi connectivity index (χ0n) is 15.3. The van der Waals surface area contributed by atoms with E-state index >= 15 is 0 Å². The summed E-state index contributed by atoms with van der Waals surface area (Å²) < 4.78 is 51.4. The third-order valence-electron chi connectivity index (χ3n) is 4.29. The molecule has 7 nitrogen and oxygen atoms in total. The fourth-order valence-corrected chi connectivity index (χ4v) is 4.57. The molecule has 27 heavy (non-hydrogen) atoms. The summed E-state index contributed by atoms with van der Waals surface area (Å²) in [5, 5.41) is 0. The molecule has 1 fully saturated rings. The van der Waals surface area contributed by atoms with E-state index in [1.807, 2.05) is 13.8 Å². The molecule has 0 aliphatic carbocycles. The molecular formula is C18H22FN3O4S. The molecule has 1 aromatic heterocycles. The number of benzene rings is 1. The van der Waals surface area contributed by atoms with Crippen LogP contribution in [-0.4, -0.2) is 48.5 Å². The van der Waals surface area contributed by atoms with E-state index in [2.05, 4.69) is 9.97 Å². The van der Waals surface area contributed by atoms with Crippen molar-refractivity contribution in [3.63, 3.8) is 0 Å². The van der Waals surface area contributed by atoms with Gasteiger partial charge in [-0.15, -0.1) is 0 Å². The maximum absolute atomic E-state index is 13.0. The summed E-state index contributed by atoms with van der Waals surface area (Å²) in [6.45, 7) is 4.82. The van der Waals surface area contributed by atoms with E-state index in [0.717, 1.165) is 18.0 Å². The lowest BCUT2D eigenvalue weighted by atomic mass is 10.1. The van der Waals surface area contributed by atoms with E-state index in [1.165, 1.54) is 4.31 Å². The average Bonchev–Trinajstić information content (AvgIpc) is 2.65. The third-order valence-corrected chi connectivity index (χ3v) is 6.15. The standard InChI is InChI=1S/C18H22FN3O4S/c1-3-25-17-7-6-16(9-13(17)2)27(23,24)22-8-4-5-15(12-22)26-18-20-10-14(19)11-21-18/h6-7,9-11,15H,3-5,8,12H2,1-2H3/t15-/m1/s1. The second-order valence-electron chi connectivity index (χ2n) is 6.29. The first kappa shape index (κ1) is 19.5. The van der Waals surface area contributed by atoms with Gasteiger partial charge in [-0.1, -0.05) is 0 Å². The predicted molar refractivity (Wildman–Crippen MR) is 96.7 cm³/mol. The van der Waals surface area contributed by atoms with Gasteiger partial charge in [0.2, 0.25) is 10.0 Å². The highest BCUT2D eigenvalue weighted by atomic mass is 32.2. The largest absolute Gasteiger partial charge is 0.494 e. The Morgan fingerprint density at radius 3 is 2.70 bits per heavy atom. The van der Waals surface area contributed by atoms with Crippen LogP contribution in [0.25, 0.3) is 0 Å². The van der Waals surface area contributed by atoms with Gasteiger partial charge in [0, 0.05) is 6.54 Å².